The molecule has 2 N–H and O–H groups in total. The smallest absolute Gasteiger partial charge is 0.227 e. The topological polar surface area (TPSA) is 89.3 Å². The van der Waals surface area contributed by atoms with E-state index in [0.29, 0.717) is 6.07 Å². The van der Waals surface area contributed by atoms with Gasteiger partial charge in [-0.1, -0.05) is 30.3 Å². The largest absolute Gasteiger partial charge is 0.497 e. The van der Waals surface area contributed by atoms with Crippen molar-refractivity contribution in [2.75, 3.05) is 13.7 Å². The first-order chi connectivity index (χ1) is 16.3. The van der Waals surface area contributed by atoms with E-state index in [-0.39, 0.29) is 24.6 Å². The summed E-state index contributed by atoms with van der Waals surface area (Å²) in [4.78, 5) is 16.8. The van der Waals surface area contributed by atoms with E-state index in [4.69, 9.17) is 4.74 Å². The van der Waals surface area contributed by atoms with Gasteiger partial charge in [-0.2, -0.15) is 5.10 Å². The quantitative estimate of drug-likeness (QED) is 0.415. The lowest BCUT2D eigenvalue weighted by Crippen LogP contribution is -2.45. The molecule has 0 aliphatic carbocycles. The summed E-state index contributed by atoms with van der Waals surface area (Å²) >= 11 is 0. The fourth-order valence-electron chi connectivity index (χ4n) is 3.86. The van der Waals surface area contributed by atoms with Crippen molar-refractivity contribution in [1.29, 1.82) is 0 Å². The molecule has 34 heavy (non-hydrogen) atoms. The molecule has 0 fully saturated rings. The molecule has 9 heteroatoms. The maximum atomic E-state index is 14.6. The molecular weight excluding hydrogens is 442 g/mol. The molecule has 0 unspecified atom stereocenters. The lowest BCUT2D eigenvalue weighted by molar-refractivity contribution is -0.123. The second kappa shape index (κ2) is 9.56. The van der Waals surface area contributed by atoms with Crippen LogP contribution in [0.3, 0.4) is 0 Å². The van der Waals surface area contributed by atoms with Crippen LogP contribution in [0, 0.1) is 11.6 Å². The number of fused-ring (bicyclic) bond motifs is 1. The van der Waals surface area contributed by atoms with Crippen LogP contribution in [-0.2, 0) is 16.9 Å². The van der Waals surface area contributed by atoms with E-state index in [0.717, 1.165) is 34.2 Å². The van der Waals surface area contributed by atoms with Gasteiger partial charge in [-0.25, -0.2) is 18.4 Å². The van der Waals surface area contributed by atoms with Crippen LogP contribution in [0.15, 0.2) is 67.3 Å². The van der Waals surface area contributed by atoms with Crippen LogP contribution in [0.2, 0.25) is 0 Å². The molecule has 1 amide bonds. The zero-order valence-electron chi connectivity index (χ0n) is 18.7. The number of nitrogens with one attached hydrogen (secondary N) is 1. The third-order valence-corrected chi connectivity index (χ3v) is 5.84. The summed E-state index contributed by atoms with van der Waals surface area (Å²) in [6, 6.07) is 14.3. The van der Waals surface area contributed by atoms with E-state index in [2.05, 4.69) is 15.4 Å². The predicted molar refractivity (Wildman–Crippen MR) is 122 cm³/mol. The molecule has 1 aromatic heterocycles. The van der Waals surface area contributed by atoms with Gasteiger partial charge >= 0.3 is 0 Å². The summed E-state index contributed by atoms with van der Waals surface area (Å²) < 4.78 is 34.6. The Hall–Kier alpha value is -3.85. The highest BCUT2D eigenvalue weighted by Gasteiger charge is 2.34. The minimum Gasteiger partial charge on any atom is -0.497 e. The lowest BCUT2D eigenvalue weighted by Gasteiger charge is -2.29. The van der Waals surface area contributed by atoms with Crippen molar-refractivity contribution >= 4 is 16.7 Å². The van der Waals surface area contributed by atoms with Gasteiger partial charge in [-0.15, -0.1) is 0 Å². The second-order valence-corrected chi connectivity index (χ2v) is 8.16. The summed E-state index contributed by atoms with van der Waals surface area (Å²) in [6.45, 7) is 1.24. The molecule has 0 bridgehead atoms. The minimum atomic E-state index is -1.89. The van der Waals surface area contributed by atoms with Gasteiger partial charge in [-0.3, -0.25) is 4.79 Å². The molecule has 4 aromatic rings. The number of amides is 1. The Labute approximate surface area is 195 Å². The Morgan fingerprint density at radius 1 is 1.15 bits per heavy atom. The number of benzene rings is 3. The van der Waals surface area contributed by atoms with E-state index in [1.807, 2.05) is 36.4 Å². The van der Waals surface area contributed by atoms with Crippen LogP contribution in [0.1, 0.15) is 24.0 Å². The number of hydrogen-bond acceptors (Lipinski definition) is 5. The van der Waals surface area contributed by atoms with Crippen molar-refractivity contribution in [2.24, 2.45) is 0 Å². The Kier molecular flexibility index (Phi) is 6.56. The van der Waals surface area contributed by atoms with Crippen LogP contribution >= 0.6 is 0 Å². The first kappa shape index (κ1) is 23.3. The van der Waals surface area contributed by atoms with E-state index in [1.165, 1.54) is 17.3 Å². The summed E-state index contributed by atoms with van der Waals surface area (Å²) in [5.74, 6) is -1.84. The second-order valence-electron chi connectivity index (χ2n) is 8.16. The molecule has 1 heterocycles. The Balaban J connectivity index is 1.54. The van der Waals surface area contributed by atoms with Gasteiger partial charge < -0.3 is 15.2 Å². The molecule has 2 atom stereocenters. The third-order valence-electron chi connectivity index (χ3n) is 5.84. The van der Waals surface area contributed by atoms with E-state index in [9.17, 15) is 18.7 Å². The molecule has 176 valence electrons. The number of aromatic nitrogens is 3. The number of carbonyl (C=O) groups excluding carboxylic acids is 1. The number of methoxy groups -OCH3 is 1. The normalized spacial score (nSPS) is 13.9. The van der Waals surface area contributed by atoms with Crippen molar-refractivity contribution in [3.8, 4) is 5.75 Å². The highest BCUT2D eigenvalue weighted by molar-refractivity contribution is 5.88. The standard InChI is InChI=1S/C25H24F2N4O3/c1-16(17-3-4-19-10-21(34-2)7-5-18(19)9-17)24(32)29-12-25(33,13-31-15-28-14-30-31)22-8-6-20(26)11-23(22)27/h3-11,14-16,33H,12-13H2,1-2H3,(H,29,32)/t16-,25-/m1/s1. The molecule has 0 saturated heterocycles. The van der Waals surface area contributed by atoms with Gasteiger partial charge in [0.1, 0.15) is 35.6 Å². The van der Waals surface area contributed by atoms with Gasteiger partial charge in [0, 0.05) is 11.6 Å². The van der Waals surface area contributed by atoms with Gasteiger partial charge in [0.25, 0.3) is 0 Å². The average Bonchev–Trinajstić information content (AvgIpc) is 3.34. The van der Waals surface area contributed by atoms with Gasteiger partial charge in [0.05, 0.1) is 26.1 Å². The number of ether oxygens (including phenoxy) is 1. The average molecular weight is 466 g/mol. The summed E-state index contributed by atoms with van der Waals surface area (Å²) in [6.07, 6.45) is 2.64. The molecule has 0 radical (unpaired) electrons. The fraction of sp³-hybridized carbons (Fsp3) is 0.240. The summed E-state index contributed by atoms with van der Waals surface area (Å²) in [5.41, 5.74) is -1.26. The first-order valence-electron chi connectivity index (χ1n) is 10.6. The van der Waals surface area contributed by atoms with Crippen molar-refractivity contribution < 1.29 is 23.4 Å². The predicted octanol–water partition coefficient (Wildman–Crippen LogP) is 3.53. The number of aliphatic hydroxyl groups is 1. The van der Waals surface area contributed by atoms with Crippen molar-refractivity contribution in [3.63, 3.8) is 0 Å². The summed E-state index contributed by atoms with van der Waals surface area (Å²) in [7, 11) is 1.60. The Morgan fingerprint density at radius 2 is 1.91 bits per heavy atom. The van der Waals surface area contributed by atoms with Crippen LogP contribution in [0.5, 0.6) is 5.75 Å². The summed E-state index contributed by atoms with van der Waals surface area (Å²) in [5, 5.41) is 19.9. The Morgan fingerprint density at radius 3 is 2.62 bits per heavy atom. The Bertz CT molecular complexity index is 1310. The first-order valence-corrected chi connectivity index (χ1v) is 10.6. The molecule has 3 aromatic carbocycles. The number of halogens is 2. The third kappa shape index (κ3) is 4.89. The maximum absolute atomic E-state index is 14.6. The molecule has 0 spiro atoms. The van der Waals surface area contributed by atoms with E-state index >= 15 is 0 Å². The van der Waals surface area contributed by atoms with Gasteiger partial charge in [-0.05, 0) is 41.5 Å². The minimum absolute atomic E-state index is 0.156. The van der Waals surface area contributed by atoms with Crippen molar-refractivity contribution in [1.82, 2.24) is 20.1 Å². The van der Waals surface area contributed by atoms with Crippen LogP contribution in [-0.4, -0.2) is 39.4 Å². The molecule has 7 nitrogen and oxygen atoms in total. The highest BCUT2D eigenvalue weighted by Crippen LogP contribution is 2.28. The van der Waals surface area contributed by atoms with Crippen LogP contribution in [0.25, 0.3) is 10.8 Å². The zero-order valence-corrected chi connectivity index (χ0v) is 18.7. The van der Waals surface area contributed by atoms with Crippen LogP contribution < -0.4 is 10.1 Å². The molecule has 4 rings (SSSR count). The molecule has 0 aliphatic heterocycles. The van der Waals surface area contributed by atoms with Crippen molar-refractivity contribution in [2.45, 2.75) is 25.0 Å². The van der Waals surface area contributed by atoms with Crippen LogP contribution in [0.4, 0.5) is 8.78 Å². The maximum Gasteiger partial charge on any atom is 0.227 e. The molecule has 0 aliphatic rings. The van der Waals surface area contributed by atoms with Gasteiger partial charge in [0.2, 0.25) is 5.91 Å². The number of nitrogens with zero attached hydrogens (tertiary/aromatic N) is 3. The van der Waals surface area contributed by atoms with E-state index < -0.39 is 23.2 Å². The SMILES string of the molecule is COc1ccc2cc([C@@H](C)C(=O)NC[C@@](O)(Cn3cncn3)c3ccc(F)cc3F)ccc2c1. The monoisotopic (exact) mass is 466 g/mol. The highest BCUT2D eigenvalue weighted by atomic mass is 19.1. The number of hydrogen-bond donors (Lipinski definition) is 2. The molecular formula is C25H24F2N4O3. The number of carbonyl (C=O) groups is 1. The van der Waals surface area contributed by atoms with Crippen molar-refractivity contribution in [3.05, 3.63) is 90.0 Å². The zero-order chi connectivity index (χ0) is 24.3. The number of rotatable bonds is 8. The lowest BCUT2D eigenvalue weighted by atomic mass is 9.92. The van der Waals surface area contributed by atoms with E-state index in [1.54, 1.807) is 14.0 Å². The molecule has 0 saturated carbocycles. The van der Waals surface area contributed by atoms with Gasteiger partial charge in [0.15, 0.2) is 0 Å². The fourth-order valence-corrected chi connectivity index (χ4v) is 3.86.